The molecule has 3 aromatic rings. The van der Waals surface area contributed by atoms with Gasteiger partial charge in [-0.25, -0.2) is 4.39 Å². The lowest BCUT2D eigenvalue weighted by Crippen LogP contribution is -2.33. The number of carbonyl (C=O) groups is 1. The first kappa shape index (κ1) is 21.9. The molecule has 1 heterocycles. The van der Waals surface area contributed by atoms with Gasteiger partial charge in [0.05, 0.1) is 5.56 Å². The highest BCUT2D eigenvalue weighted by molar-refractivity contribution is 6.06. The molecule has 0 radical (unpaired) electrons. The molecular weight excluding hydrogens is 430 g/mol. The van der Waals surface area contributed by atoms with Crippen molar-refractivity contribution >= 4 is 11.6 Å². The third-order valence-corrected chi connectivity index (χ3v) is 4.02. The van der Waals surface area contributed by atoms with Crippen LogP contribution in [0, 0.1) is 5.82 Å². The first-order valence-corrected chi connectivity index (χ1v) is 8.50. The fraction of sp³-hybridized carbons (Fsp3) is 0.100. The molecule has 0 fully saturated rings. The molecule has 1 amide bonds. The number of H-pyrrole nitrogens is 1. The maximum Gasteiger partial charge on any atom is 0.458 e. The summed E-state index contributed by atoms with van der Waals surface area (Å²) in [7, 11) is 0. The highest BCUT2D eigenvalue weighted by atomic mass is 19.4. The van der Waals surface area contributed by atoms with Gasteiger partial charge in [0.15, 0.2) is 0 Å². The molecule has 2 N–H and O–H groups in total. The Bertz CT molecular complexity index is 1160. The van der Waals surface area contributed by atoms with Gasteiger partial charge in [0.1, 0.15) is 17.3 Å². The Balaban J connectivity index is 2.03. The van der Waals surface area contributed by atoms with Gasteiger partial charge in [-0.1, -0.05) is 6.07 Å². The summed E-state index contributed by atoms with van der Waals surface area (Å²) in [5.41, 5.74) is -2.34. The fourth-order valence-corrected chi connectivity index (χ4v) is 2.50. The maximum atomic E-state index is 13.8. The molecule has 5 nitrogen and oxygen atoms in total. The van der Waals surface area contributed by atoms with Crippen molar-refractivity contribution in [3.63, 3.8) is 0 Å². The second-order valence-corrected chi connectivity index (χ2v) is 6.23. The number of alkyl halides is 5. The van der Waals surface area contributed by atoms with Crippen LogP contribution >= 0.6 is 0 Å². The van der Waals surface area contributed by atoms with Gasteiger partial charge in [-0.2, -0.15) is 22.0 Å². The van der Waals surface area contributed by atoms with Crippen LogP contribution in [0.15, 0.2) is 65.6 Å². The van der Waals surface area contributed by atoms with E-state index in [2.05, 4.69) is 10.3 Å². The first-order chi connectivity index (χ1) is 14.5. The molecule has 0 aliphatic carbocycles. The number of ether oxygens (including phenoxy) is 1. The van der Waals surface area contributed by atoms with Crippen molar-refractivity contribution in [3.8, 4) is 11.5 Å². The van der Waals surface area contributed by atoms with E-state index in [1.807, 2.05) is 0 Å². The Labute approximate surface area is 170 Å². The van der Waals surface area contributed by atoms with Gasteiger partial charge in [0.25, 0.3) is 5.91 Å². The van der Waals surface area contributed by atoms with E-state index in [0.717, 1.165) is 36.4 Å². The van der Waals surface area contributed by atoms with E-state index in [0.29, 0.717) is 12.1 Å². The van der Waals surface area contributed by atoms with Crippen LogP contribution in [0.4, 0.5) is 32.0 Å². The molecular formula is C20H12F6N2O3. The van der Waals surface area contributed by atoms with Crippen LogP contribution in [-0.4, -0.2) is 17.1 Å². The average molecular weight is 442 g/mol. The number of benzene rings is 2. The summed E-state index contributed by atoms with van der Waals surface area (Å²) >= 11 is 0. The van der Waals surface area contributed by atoms with Crippen LogP contribution in [0.3, 0.4) is 0 Å². The van der Waals surface area contributed by atoms with Crippen molar-refractivity contribution in [3.05, 3.63) is 88.1 Å². The smallest absolute Gasteiger partial charge is 0.457 e. The van der Waals surface area contributed by atoms with Gasteiger partial charge < -0.3 is 15.0 Å². The number of hydrogen-bond acceptors (Lipinski definition) is 3. The van der Waals surface area contributed by atoms with E-state index in [1.165, 1.54) is 12.3 Å². The molecule has 11 heteroatoms. The molecule has 0 unspecified atom stereocenters. The van der Waals surface area contributed by atoms with Gasteiger partial charge in [0, 0.05) is 23.5 Å². The summed E-state index contributed by atoms with van der Waals surface area (Å²) in [6, 6.07) is 8.05. The van der Waals surface area contributed by atoms with Crippen LogP contribution in [0.2, 0.25) is 0 Å². The van der Waals surface area contributed by atoms with Crippen molar-refractivity contribution in [1.82, 2.24) is 4.98 Å². The molecule has 3 rings (SSSR count). The Morgan fingerprint density at radius 2 is 1.61 bits per heavy atom. The van der Waals surface area contributed by atoms with Crippen molar-refractivity contribution in [1.29, 1.82) is 0 Å². The molecule has 2 aromatic carbocycles. The van der Waals surface area contributed by atoms with Crippen LogP contribution < -0.4 is 15.6 Å². The molecule has 0 saturated heterocycles. The molecule has 0 atom stereocenters. The minimum Gasteiger partial charge on any atom is -0.457 e. The quantitative estimate of drug-likeness (QED) is 0.533. The second-order valence-electron chi connectivity index (χ2n) is 6.23. The summed E-state index contributed by atoms with van der Waals surface area (Å²) in [5.74, 6) is -7.54. The number of halogens is 6. The number of rotatable bonds is 5. The summed E-state index contributed by atoms with van der Waals surface area (Å²) in [6.45, 7) is 0. The van der Waals surface area contributed by atoms with Crippen molar-refractivity contribution < 1.29 is 35.9 Å². The summed E-state index contributed by atoms with van der Waals surface area (Å²) in [4.78, 5) is 26.2. The Hall–Kier alpha value is -3.76. The molecule has 31 heavy (non-hydrogen) atoms. The number of aromatic nitrogens is 1. The van der Waals surface area contributed by atoms with Crippen molar-refractivity contribution in [2.45, 2.75) is 12.1 Å². The van der Waals surface area contributed by atoms with Gasteiger partial charge in [-0.3, -0.25) is 9.59 Å². The van der Waals surface area contributed by atoms with Crippen molar-refractivity contribution in [2.75, 3.05) is 5.32 Å². The second kappa shape index (κ2) is 8.17. The van der Waals surface area contributed by atoms with E-state index >= 15 is 0 Å². The SMILES string of the molecule is O=C(Nc1cc[nH]c(=O)c1)c1ccc(C(F)(F)C(F)(F)F)cc1Oc1ccc(F)cc1. The molecule has 0 aliphatic heterocycles. The zero-order valence-corrected chi connectivity index (χ0v) is 15.3. The standard InChI is InChI=1S/C20H12F6N2O3/c21-12-2-4-14(5-3-12)31-16-9-11(19(22,23)20(24,25)26)1-6-15(16)18(30)28-13-7-8-27-17(29)10-13/h1-10H,(H2,27,28,29,30). The van der Waals surface area contributed by atoms with E-state index in [-0.39, 0.29) is 11.4 Å². The maximum absolute atomic E-state index is 13.8. The predicted molar refractivity (Wildman–Crippen MR) is 97.9 cm³/mol. The van der Waals surface area contributed by atoms with Crippen LogP contribution in [0.25, 0.3) is 0 Å². The van der Waals surface area contributed by atoms with Crippen LogP contribution in [-0.2, 0) is 5.92 Å². The number of pyridine rings is 1. The van der Waals surface area contributed by atoms with Gasteiger partial charge in [0.2, 0.25) is 5.56 Å². The van der Waals surface area contributed by atoms with Gasteiger partial charge >= 0.3 is 12.1 Å². The lowest BCUT2D eigenvalue weighted by atomic mass is 10.0. The third-order valence-electron chi connectivity index (χ3n) is 4.02. The molecule has 1 aromatic heterocycles. The number of amides is 1. The summed E-state index contributed by atoms with van der Waals surface area (Å²) in [5, 5.41) is 2.31. The van der Waals surface area contributed by atoms with E-state index in [1.54, 1.807) is 0 Å². The topological polar surface area (TPSA) is 71.2 Å². The Morgan fingerprint density at radius 1 is 0.935 bits per heavy atom. The largest absolute Gasteiger partial charge is 0.458 e. The average Bonchev–Trinajstić information content (AvgIpc) is 2.69. The van der Waals surface area contributed by atoms with E-state index in [4.69, 9.17) is 4.74 Å². The van der Waals surface area contributed by atoms with Gasteiger partial charge in [-0.15, -0.1) is 0 Å². The lowest BCUT2D eigenvalue weighted by Gasteiger charge is -2.21. The van der Waals surface area contributed by atoms with E-state index < -0.39 is 46.3 Å². The van der Waals surface area contributed by atoms with Gasteiger partial charge in [-0.05, 0) is 42.5 Å². The van der Waals surface area contributed by atoms with Crippen LogP contribution in [0.1, 0.15) is 15.9 Å². The zero-order valence-electron chi connectivity index (χ0n) is 15.3. The third kappa shape index (κ3) is 4.87. The predicted octanol–water partition coefficient (Wildman–Crippen LogP) is 5.21. The number of nitrogens with one attached hydrogen (secondary N) is 2. The normalized spacial score (nSPS) is 11.8. The highest BCUT2D eigenvalue weighted by Crippen LogP contribution is 2.45. The van der Waals surface area contributed by atoms with Crippen LogP contribution in [0.5, 0.6) is 11.5 Å². The monoisotopic (exact) mass is 442 g/mol. The number of carbonyl (C=O) groups excluding carboxylic acids is 1. The van der Waals surface area contributed by atoms with Crippen molar-refractivity contribution in [2.24, 2.45) is 0 Å². The Kier molecular flexibility index (Phi) is 5.78. The fourth-order valence-electron chi connectivity index (χ4n) is 2.50. The zero-order chi connectivity index (χ0) is 22.8. The summed E-state index contributed by atoms with van der Waals surface area (Å²) < 4.78 is 84.3. The molecule has 0 bridgehead atoms. The minimum absolute atomic E-state index is 0.0474. The molecule has 162 valence electrons. The lowest BCUT2D eigenvalue weighted by molar-refractivity contribution is -0.289. The molecule has 0 aliphatic rings. The molecule has 0 spiro atoms. The minimum atomic E-state index is -5.88. The van der Waals surface area contributed by atoms with E-state index in [9.17, 15) is 35.9 Å². The highest BCUT2D eigenvalue weighted by Gasteiger charge is 2.58. The number of aromatic amines is 1. The Morgan fingerprint density at radius 3 is 2.23 bits per heavy atom. The summed E-state index contributed by atoms with van der Waals surface area (Å²) in [6.07, 6.45) is -4.64. The number of hydrogen-bond donors (Lipinski definition) is 2. The molecule has 0 saturated carbocycles. The number of anilines is 1. The first-order valence-electron chi connectivity index (χ1n) is 8.50.